The number of hydrogen-bond donors (Lipinski definition) is 2. The third-order valence-electron chi connectivity index (χ3n) is 3.81. The third-order valence-corrected chi connectivity index (χ3v) is 3.81. The van der Waals surface area contributed by atoms with Gasteiger partial charge in [0.15, 0.2) is 0 Å². The Bertz CT molecular complexity index is 641. The molecule has 9 heteroatoms. The number of nitro groups is 1. The van der Waals surface area contributed by atoms with E-state index in [0.29, 0.717) is 24.3 Å². The first kappa shape index (κ1) is 17.7. The average molecular weight is 338 g/mol. The molecule has 0 aromatic heterocycles. The van der Waals surface area contributed by atoms with Gasteiger partial charge in [0.25, 0.3) is 5.69 Å². The van der Waals surface area contributed by atoms with Gasteiger partial charge in [0.1, 0.15) is 11.8 Å². The van der Waals surface area contributed by atoms with Gasteiger partial charge >= 0.3 is 5.97 Å². The molecule has 0 unspecified atom stereocenters. The lowest BCUT2D eigenvalue weighted by Crippen LogP contribution is -2.45. The second kappa shape index (κ2) is 7.73. The van der Waals surface area contributed by atoms with Crippen LogP contribution in [0, 0.1) is 16.0 Å². The van der Waals surface area contributed by atoms with E-state index in [-0.39, 0.29) is 24.6 Å². The Balaban J connectivity index is 2.17. The molecule has 1 aromatic rings. The van der Waals surface area contributed by atoms with Crippen LogP contribution < -0.4 is 10.1 Å². The maximum Gasteiger partial charge on any atom is 0.326 e. The van der Waals surface area contributed by atoms with Gasteiger partial charge in [-0.2, -0.15) is 0 Å². The van der Waals surface area contributed by atoms with Crippen LogP contribution in [0.5, 0.6) is 5.75 Å². The Morgan fingerprint density at radius 3 is 2.83 bits per heavy atom. The molecule has 2 rings (SSSR count). The van der Waals surface area contributed by atoms with E-state index in [4.69, 9.17) is 9.47 Å². The third kappa shape index (κ3) is 4.19. The lowest BCUT2D eigenvalue weighted by molar-refractivity contribution is -0.384. The highest BCUT2D eigenvalue weighted by Gasteiger charge is 2.29. The van der Waals surface area contributed by atoms with E-state index in [1.807, 2.05) is 0 Å². The Morgan fingerprint density at radius 2 is 2.29 bits per heavy atom. The van der Waals surface area contributed by atoms with E-state index >= 15 is 0 Å². The summed E-state index contributed by atoms with van der Waals surface area (Å²) < 4.78 is 10.2. The van der Waals surface area contributed by atoms with Crippen LogP contribution in [0.15, 0.2) is 18.2 Å². The van der Waals surface area contributed by atoms with Gasteiger partial charge < -0.3 is 19.9 Å². The summed E-state index contributed by atoms with van der Waals surface area (Å²) in [6.07, 6.45) is 0.414. The van der Waals surface area contributed by atoms with Crippen LogP contribution >= 0.6 is 0 Å². The van der Waals surface area contributed by atoms with Gasteiger partial charge in [0.05, 0.1) is 24.6 Å². The largest absolute Gasteiger partial charge is 0.496 e. The molecular formula is C15H18N2O7. The van der Waals surface area contributed by atoms with Crippen LogP contribution in [-0.4, -0.2) is 48.3 Å². The van der Waals surface area contributed by atoms with E-state index in [9.17, 15) is 24.8 Å². The van der Waals surface area contributed by atoms with Crippen LogP contribution in [0.3, 0.4) is 0 Å². The SMILES string of the molecule is COc1ccc([N+](=O)[O-])cc1C[C@@H](NC(=O)[C@@H]1CCOC1)C(=O)O. The molecule has 1 aliphatic rings. The summed E-state index contributed by atoms with van der Waals surface area (Å²) >= 11 is 0. The van der Waals surface area contributed by atoms with Crippen molar-refractivity contribution in [2.45, 2.75) is 18.9 Å². The van der Waals surface area contributed by atoms with Gasteiger partial charge in [0.2, 0.25) is 5.91 Å². The fraction of sp³-hybridized carbons (Fsp3) is 0.467. The van der Waals surface area contributed by atoms with E-state index in [1.54, 1.807) is 0 Å². The fourth-order valence-corrected chi connectivity index (χ4v) is 2.49. The maximum absolute atomic E-state index is 12.1. The Morgan fingerprint density at radius 1 is 1.54 bits per heavy atom. The standard InChI is InChI=1S/C15H18N2O7/c1-23-13-3-2-11(17(21)22)6-10(13)7-12(15(19)20)16-14(18)9-4-5-24-8-9/h2-3,6,9,12H,4-5,7-8H2,1H3,(H,16,18)(H,19,20)/t9-,12-/m1/s1. The highest BCUT2D eigenvalue weighted by Crippen LogP contribution is 2.25. The van der Waals surface area contributed by atoms with Gasteiger partial charge in [-0.25, -0.2) is 4.79 Å². The first-order valence-corrected chi connectivity index (χ1v) is 7.34. The molecule has 1 heterocycles. The van der Waals surface area contributed by atoms with Crippen molar-refractivity contribution in [1.29, 1.82) is 0 Å². The molecule has 2 N–H and O–H groups in total. The predicted molar refractivity (Wildman–Crippen MR) is 81.8 cm³/mol. The number of hydrogen-bond acceptors (Lipinski definition) is 6. The molecule has 24 heavy (non-hydrogen) atoms. The van der Waals surface area contributed by atoms with Crippen molar-refractivity contribution in [3.8, 4) is 5.75 Å². The summed E-state index contributed by atoms with van der Waals surface area (Å²) in [6.45, 7) is 0.729. The zero-order valence-electron chi connectivity index (χ0n) is 13.1. The lowest BCUT2D eigenvalue weighted by Gasteiger charge is -2.18. The Kier molecular flexibility index (Phi) is 5.69. The average Bonchev–Trinajstić information content (AvgIpc) is 3.08. The number of ether oxygens (including phenoxy) is 2. The molecule has 0 aliphatic carbocycles. The molecular weight excluding hydrogens is 320 g/mol. The van der Waals surface area contributed by atoms with E-state index in [2.05, 4.69) is 5.32 Å². The number of benzene rings is 1. The molecule has 0 bridgehead atoms. The van der Waals surface area contributed by atoms with Crippen molar-refractivity contribution in [2.24, 2.45) is 5.92 Å². The molecule has 9 nitrogen and oxygen atoms in total. The summed E-state index contributed by atoms with van der Waals surface area (Å²) in [5.41, 5.74) is 0.160. The molecule has 1 amide bonds. The highest BCUT2D eigenvalue weighted by atomic mass is 16.6. The number of nitrogens with zero attached hydrogens (tertiary/aromatic N) is 1. The molecule has 0 radical (unpaired) electrons. The van der Waals surface area contributed by atoms with Gasteiger partial charge in [-0.1, -0.05) is 0 Å². The summed E-state index contributed by atoms with van der Waals surface area (Å²) in [6, 6.07) is 2.71. The zero-order valence-corrected chi connectivity index (χ0v) is 13.1. The number of nitrogens with one attached hydrogen (secondary N) is 1. The van der Waals surface area contributed by atoms with Crippen LogP contribution in [0.1, 0.15) is 12.0 Å². The van der Waals surface area contributed by atoms with Crippen molar-refractivity contribution in [2.75, 3.05) is 20.3 Å². The molecule has 0 spiro atoms. The quantitative estimate of drug-likeness (QED) is 0.554. The number of carboxylic acid groups (broad SMARTS) is 1. The van der Waals surface area contributed by atoms with Crippen LogP contribution in [0.25, 0.3) is 0 Å². The number of amides is 1. The van der Waals surface area contributed by atoms with Crippen LogP contribution in [0.4, 0.5) is 5.69 Å². The van der Waals surface area contributed by atoms with Crippen molar-refractivity contribution in [3.63, 3.8) is 0 Å². The van der Waals surface area contributed by atoms with Crippen molar-refractivity contribution in [1.82, 2.24) is 5.32 Å². The zero-order chi connectivity index (χ0) is 17.7. The van der Waals surface area contributed by atoms with Gasteiger partial charge in [0, 0.05) is 30.7 Å². The smallest absolute Gasteiger partial charge is 0.326 e. The van der Waals surface area contributed by atoms with Crippen molar-refractivity contribution < 1.29 is 29.1 Å². The first-order valence-electron chi connectivity index (χ1n) is 7.34. The second-order valence-corrected chi connectivity index (χ2v) is 5.42. The normalized spacial score (nSPS) is 18.0. The summed E-state index contributed by atoms with van der Waals surface area (Å²) in [7, 11) is 1.38. The second-order valence-electron chi connectivity index (χ2n) is 5.42. The number of aliphatic carboxylic acids is 1. The predicted octanol–water partition coefficient (Wildman–Crippen LogP) is 0.752. The molecule has 1 aromatic carbocycles. The molecule has 0 saturated carbocycles. The number of carbonyl (C=O) groups excluding carboxylic acids is 1. The first-order chi connectivity index (χ1) is 11.4. The van der Waals surface area contributed by atoms with Gasteiger partial charge in [-0.3, -0.25) is 14.9 Å². The van der Waals surface area contributed by atoms with Crippen molar-refractivity contribution in [3.05, 3.63) is 33.9 Å². The summed E-state index contributed by atoms with van der Waals surface area (Å²) in [5.74, 6) is -1.68. The number of carbonyl (C=O) groups is 2. The number of nitro benzene ring substituents is 1. The number of methoxy groups -OCH3 is 1. The topological polar surface area (TPSA) is 128 Å². The molecule has 2 atom stereocenters. The minimum absolute atomic E-state index is 0.125. The van der Waals surface area contributed by atoms with Crippen LogP contribution in [-0.2, 0) is 20.7 Å². The van der Waals surface area contributed by atoms with Crippen LogP contribution in [0.2, 0.25) is 0 Å². The maximum atomic E-state index is 12.1. The minimum atomic E-state index is -1.23. The molecule has 1 fully saturated rings. The Hall–Kier alpha value is -2.68. The fourth-order valence-electron chi connectivity index (χ4n) is 2.49. The summed E-state index contributed by atoms with van der Waals surface area (Å²) in [5, 5.41) is 22.7. The van der Waals surface area contributed by atoms with E-state index in [1.165, 1.54) is 25.3 Å². The van der Waals surface area contributed by atoms with Gasteiger partial charge in [-0.05, 0) is 12.5 Å². The lowest BCUT2D eigenvalue weighted by atomic mass is 10.0. The van der Waals surface area contributed by atoms with Gasteiger partial charge in [-0.15, -0.1) is 0 Å². The van der Waals surface area contributed by atoms with Crippen molar-refractivity contribution >= 4 is 17.6 Å². The Labute approximate surface area is 137 Å². The number of non-ortho nitro benzene ring substituents is 1. The summed E-state index contributed by atoms with van der Waals surface area (Å²) in [4.78, 5) is 33.9. The molecule has 1 aliphatic heterocycles. The number of carboxylic acids is 1. The highest BCUT2D eigenvalue weighted by molar-refractivity contribution is 5.85. The molecule has 130 valence electrons. The minimum Gasteiger partial charge on any atom is -0.496 e. The number of rotatable bonds is 7. The van der Waals surface area contributed by atoms with E-state index in [0.717, 1.165) is 0 Å². The van der Waals surface area contributed by atoms with E-state index < -0.39 is 22.8 Å². The monoisotopic (exact) mass is 338 g/mol. The molecule has 1 saturated heterocycles.